The van der Waals surface area contributed by atoms with E-state index in [1.165, 1.54) is 19.3 Å². The lowest BCUT2D eigenvalue weighted by atomic mass is 10.0. The third-order valence-corrected chi connectivity index (χ3v) is 3.58. The Kier molecular flexibility index (Phi) is 2.46. The van der Waals surface area contributed by atoms with E-state index in [0.717, 1.165) is 23.4 Å². The van der Waals surface area contributed by atoms with Crippen molar-refractivity contribution < 1.29 is 0 Å². The van der Waals surface area contributed by atoms with Gasteiger partial charge in [-0.25, -0.2) is 9.97 Å². The molecule has 0 radical (unpaired) electrons. The Morgan fingerprint density at radius 1 is 1.29 bits per heavy atom. The predicted molar refractivity (Wildman–Crippen MR) is 67.0 cm³/mol. The first kappa shape index (κ1) is 10.5. The topological polar surface area (TPSA) is 46.8 Å². The van der Waals surface area contributed by atoms with Gasteiger partial charge in [0.05, 0.1) is 11.6 Å². The highest BCUT2D eigenvalue weighted by Gasteiger charge is 2.22. The minimum absolute atomic E-state index is 0.557. The van der Waals surface area contributed by atoms with Gasteiger partial charge < -0.3 is 4.90 Å². The normalized spacial score (nSPS) is 21.1. The molecule has 2 aromatic heterocycles. The van der Waals surface area contributed by atoms with Crippen LogP contribution in [0.2, 0.25) is 0 Å². The van der Waals surface area contributed by atoms with Crippen molar-refractivity contribution in [1.82, 2.24) is 19.7 Å². The number of nitrogens with zero attached hydrogens (tertiary/aromatic N) is 5. The van der Waals surface area contributed by atoms with Crippen LogP contribution in [0.1, 0.15) is 26.2 Å². The Bertz CT molecular complexity index is 533. The molecule has 2 aromatic rings. The largest absolute Gasteiger partial charge is 0.353 e. The maximum absolute atomic E-state index is 4.46. The van der Waals surface area contributed by atoms with E-state index in [9.17, 15) is 0 Å². The highest BCUT2D eigenvalue weighted by Crippen LogP contribution is 2.28. The molecule has 1 atom stereocenters. The fourth-order valence-corrected chi connectivity index (χ4v) is 2.59. The van der Waals surface area contributed by atoms with Crippen molar-refractivity contribution in [3.63, 3.8) is 0 Å². The molecule has 0 aromatic carbocycles. The second kappa shape index (κ2) is 3.98. The summed E-state index contributed by atoms with van der Waals surface area (Å²) in [5, 5.41) is 5.32. The number of rotatable bonds is 1. The van der Waals surface area contributed by atoms with E-state index in [1.807, 2.05) is 13.2 Å². The monoisotopic (exact) mass is 231 g/mol. The minimum Gasteiger partial charge on any atom is -0.353 e. The summed E-state index contributed by atoms with van der Waals surface area (Å²) in [7, 11) is 1.92. The molecule has 90 valence electrons. The third-order valence-electron chi connectivity index (χ3n) is 3.58. The number of aryl methyl sites for hydroxylation is 1. The van der Waals surface area contributed by atoms with Crippen LogP contribution >= 0.6 is 0 Å². The first-order chi connectivity index (χ1) is 8.27. The van der Waals surface area contributed by atoms with Gasteiger partial charge in [0, 0.05) is 19.6 Å². The van der Waals surface area contributed by atoms with Gasteiger partial charge >= 0.3 is 0 Å². The molecule has 17 heavy (non-hydrogen) atoms. The van der Waals surface area contributed by atoms with Crippen molar-refractivity contribution in [2.24, 2.45) is 7.05 Å². The van der Waals surface area contributed by atoms with Gasteiger partial charge in [-0.2, -0.15) is 5.10 Å². The zero-order valence-electron chi connectivity index (χ0n) is 10.3. The summed E-state index contributed by atoms with van der Waals surface area (Å²) in [6.07, 6.45) is 7.31. The lowest BCUT2D eigenvalue weighted by molar-refractivity contribution is 0.482. The number of anilines is 1. The summed E-state index contributed by atoms with van der Waals surface area (Å²) in [6.45, 7) is 3.35. The number of hydrogen-bond acceptors (Lipinski definition) is 4. The van der Waals surface area contributed by atoms with Crippen LogP contribution in [0.5, 0.6) is 0 Å². The second-order valence-electron chi connectivity index (χ2n) is 4.74. The lowest BCUT2D eigenvalue weighted by Crippen LogP contribution is -2.38. The van der Waals surface area contributed by atoms with Crippen LogP contribution in [-0.4, -0.2) is 32.3 Å². The van der Waals surface area contributed by atoms with Crippen LogP contribution < -0.4 is 4.90 Å². The Morgan fingerprint density at radius 2 is 2.18 bits per heavy atom. The molecule has 0 N–H and O–H groups in total. The molecule has 5 heteroatoms. The fraction of sp³-hybridized carbons (Fsp3) is 0.583. The molecule has 1 aliphatic rings. The van der Waals surface area contributed by atoms with Crippen molar-refractivity contribution in [3.05, 3.63) is 12.5 Å². The highest BCUT2D eigenvalue weighted by atomic mass is 15.3. The van der Waals surface area contributed by atoms with Crippen LogP contribution in [0.4, 0.5) is 5.82 Å². The van der Waals surface area contributed by atoms with Gasteiger partial charge in [0.1, 0.15) is 12.1 Å². The summed E-state index contributed by atoms with van der Waals surface area (Å²) in [6, 6.07) is 0.557. The maximum Gasteiger partial charge on any atom is 0.163 e. The Hall–Kier alpha value is -1.65. The van der Waals surface area contributed by atoms with Gasteiger partial charge in [-0.05, 0) is 26.2 Å². The highest BCUT2D eigenvalue weighted by molar-refractivity contribution is 5.86. The molecule has 5 nitrogen and oxygen atoms in total. The van der Waals surface area contributed by atoms with E-state index in [-0.39, 0.29) is 0 Å². The molecular formula is C12H17N5. The Balaban J connectivity index is 2.10. The summed E-state index contributed by atoms with van der Waals surface area (Å²) in [4.78, 5) is 11.1. The van der Waals surface area contributed by atoms with Crippen LogP contribution in [0.15, 0.2) is 12.5 Å². The summed E-state index contributed by atoms with van der Waals surface area (Å²) in [5.41, 5.74) is 0.910. The summed E-state index contributed by atoms with van der Waals surface area (Å²) < 4.78 is 1.80. The van der Waals surface area contributed by atoms with Gasteiger partial charge in [0.25, 0.3) is 0 Å². The van der Waals surface area contributed by atoms with Gasteiger partial charge in [-0.1, -0.05) is 0 Å². The van der Waals surface area contributed by atoms with Gasteiger partial charge in [-0.15, -0.1) is 0 Å². The van der Waals surface area contributed by atoms with Crippen molar-refractivity contribution >= 4 is 16.9 Å². The first-order valence-corrected chi connectivity index (χ1v) is 6.16. The Morgan fingerprint density at radius 3 is 3.00 bits per heavy atom. The molecule has 1 saturated heterocycles. The SMILES string of the molecule is CC1CCCCN1c1ncnc2c1cnn2C. The molecule has 0 aliphatic carbocycles. The van der Waals surface area contributed by atoms with Crippen LogP contribution in [-0.2, 0) is 7.05 Å². The maximum atomic E-state index is 4.46. The molecule has 0 amide bonds. The number of aromatic nitrogens is 4. The van der Waals surface area contributed by atoms with E-state index in [4.69, 9.17) is 0 Å². The predicted octanol–water partition coefficient (Wildman–Crippen LogP) is 1.74. The molecule has 1 fully saturated rings. The average Bonchev–Trinajstić information content (AvgIpc) is 2.72. The molecular weight excluding hydrogens is 214 g/mol. The van der Waals surface area contributed by atoms with Crippen molar-refractivity contribution in [2.75, 3.05) is 11.4 Å². The number of hydrogen-bond donors (Lipinski definition) is 0. The van der Waals surface area contributed by atoms with Crippen LogP contribution in [0, 0.1) is 0 Å². The summed E-state index contributed by atoms with van der Waals surface area (Å²) in [5.74, 6) is 1.04. The molecule has 0 saturated carbocycles. The first-order valence-electron chi connectivity index (χ1n) is 6.16. The van der Waals surface area contributed by atoms with Gasteiger partial charge in [0.2, 0.25) is 0 Å². The zero-order chi connectivity index (χ0) is 11.8. The van der Waals surface area contributed by atoms with E-state index >= 15 is 0 Å². The molecule has 1 unspecified atom stereocenters. The van der Waals surface area contributed by atoms with Crippen LogP contribution in [0.25, 0.3) is 11.0 Å². The third kappa shape index (κ3) is 1.66. The number of piperidine rings is 1. The second-order valence-corrected chi connectivity index (χ2v) is 4.74. The molecule has 3 heterocycles. The van der Waals surface area contributed by atoms with Crippen molar-refractivity contribution in [3.8, 4) is 0 Å². The average molecular weight is 231 g/mol. The molecule has 3 rings (SSSR count). The van der Waals surface area contributed by atoms with Gasteiger partial charge in [0.15, 0.2) is 5.65 Å². The summed E-state index contributed by atoms with van der Waals surface area (Å²) >= 11 is 0. The number of fused-ring (bicyclic) bond motifs is 1. The minimum atomic E-state index is 0.557. The van der Waals surface area contributed by atoms with Crippen molar-refractivity contribution in [2.45, 2.75) is 32.2 Å². The van der Waals surface area contributed by atoms with Crippen molar-refractivity contribution in [1.29, 1.82) is 0 Å². The molecule has 1 aliphatic heterocycles. The van der Waals surface area contributed by atoms with E-state index < -0.39 is 0 Å². The Labute approximate surface area is 100 Å². The fourth-order valence-electron chi connectivity index (χ4n) is 2.59. The van der Waals surface area contributed by atoms with Gasteiger partial charge in [-0.3, -0.25) is 4.68 Å². The standard InChI is InChI=1S/C12H17N5/c1-9-5-3-4-6-17(9)12-10-7-15-16(2)11(10)13-8-14-12/h7-9H,3-6H2,1-2H3. The zero-order valence-corrected chi connectivity index (χ0v) is 10.3. The smallest absolute Gasteiger partial charge is 0.163 e. The quantitative estimate of drug-likeness (QED) is 0.750. The lowest BCUT2D eigenvalue weighted by Gasteiger charge is -2.34. The van der Waals surface area contributed by atoms with E-state index in [2.05, 4.69) is 26.9 Å². The van der Waals surface area contributed by atoms with E-state index in [0.29, 0.717) is 6.04 Å². The van der Waals surface area contributed by atoms with Crippen LogP contribution in [0.3, 0.4) is 0 Å². The molecule has 0 spiro atoms. The van der Waals surface area contributed by atoms with E-state index in [1.54, 1.807) is 11.0 Å². The molecule has 0 bridgehead atoms.